The van der Waals surface area contributed by atoms with Crippen LogP contribution in [0.5, 0.6) is 0 Å². The highest BCUT2D eigenvalue weighted by molar-refractivity contribution is 5.81. The summed E-state index contributed by atoms with van der Waals surface area (Å²) in [6.45, 7) is 4.53. The molecule has 236 valence electrons. The third-order valence-electron chi connectivity index (χ3n) is 8.39. The minimum absolute atomic E-state index is 0.256. The van der Waals surface area contributed by atoms with Crippen molar-refractivity contribution in [1.29, 1.82) is 0 Å². The quantitative estimate of drug-likeness (QED) is 0.0494. The zero-order valence-electron chi connectivity index (χ0n) is 27.3. The first-order chi connectivity index (χ1) is 19.6. The molecule has 0 aliphatic heterocycles. The molecule has 0 saturated carbocycles. The largest absolute Gasteiger partial charge is 0.469 e. The van der Waals surface area contributed by atoms with Crippen LogP contribution in [0.4, 0.5) is 0 Å². The fraction of sp³-hybridized carbons (Fsp3) is 0.889. The van der Waals surface area contributed by atoms with Crippen molar-refractivity contribution in [3.05, 3.63) is 12.2 Å². The molecule has 2 atom stereocenters. The van der Waals surface area contributed by atoms with E-state index in [2.05, 4.69) is 26.0 Å². The van der Waals surface area contributed by atoms with E-state index < -0.39 is 0 Å². The maximum Gasteiger partial charge on any atom is 0.309 e. The van der Waals surface area contributed by atoms with Gasteiger partial charge in [-0.2, -0.15) is 0 Å². The van der Waals surface area contributed by atoms with Crippen molar-refractivity contribution in [1.82, 2.24) is 0 Å². The molecule has 0 fully saturated rings. The van der Waals surface area contributed by atoms with Crippen molar-refractivity contribution in [2.45, 2.75) is 181 Å². The van der Waals surface area contributed by atoms with Gasteiger partial charge in [-0.05, 0) is 38.5 Å². The standard InChI is InChI=1S/C36H68O4/c1-5-7-9-11-13-15-17-19-20-22-24-26-28-30-32-34(36(38)40-4)33(35(37)39-3)31-29-27-25-23-21-18-16-14-12-10-8-6-2/h19-20,33-34H,5-18,21-32H2,1-4H3/b20-19-. The molecule has 0 saturated heterocycles. The first-order valence-electron chi connectivity index (χ1n) is 17.4. The van der Waals surface area contributed by atoms with Crippen molar-refractivity contribution in [3.8, 4) is 0 Å². The Morgan fingerprint density at radius 3 is 1.02 bits per heavy atom. The molecule has 0 amide bonds. The van der Waals surface area contributed by atoms with E-state index in [1.165, 1.54) is 130 Å². The smallest absolute Gasteiger partial charge is 0.309 e. The van der Waals surface area contributed by atoms with E-state index in [1.807, 2.05) is 0 Å². The molecule has 0 rings (SSSR count). The second-order valence-corrected chi connectivity index (χ2v) is 12.0. The van der Waals surface area contributed by atoms with Gasteiger partial charge >= 0.3 is 11.9 Å². The van der Waals surface area contributed by atoms with Gasteiger partial charge in [0.15, 0.2) is 0 Å². The van der Waals surface area contributed by atoms with Gasteiger partial charge in [-0.25, -0.2) is 0 Å². The van der Waals surface area contributed by atoms with Crippen LogP contribution in [0.25, 0.3) is 0 Å². The molecule has 4 heteroatoms. The van der Waals surface area contributed by atoms with Crippen LogP contribution in [0.1, 0.15) is 181 Å². The number of carbonyl (C=O) groups excluding carboxylic acids is 2. The molecule has 40 heavy (non-hydrogen) atoms. The number of ether oxygens (including phenoxy) is 2. The summed E-state index contributed by atoms with van der Waals surface area (Å²) in [6, 6.07) is 0. The molecule has 0 aromatic heterocycles. The molecular formula is C36H68O4. The van der Waals surface area contributed by atoms with Crippen LogP contribution in [0.3, 0.4) is 0 Å². The molecule has 0 N–H and O–H groups in total. The van der Waals surface area contributed by atoms with Gasteiger partial charge in [0.05, 0.1) is 26.1 Å². The van der Waals surface area contributed by atoms with Crippen LogP contribution in [0.15, 0.2) is 12.2 Å². The molecule has 2 unspecified atom stereocenters. The average molecular weight is 565 g/mol. The molecule has 0 spiro atoms. The Morgan fingerprint density at radius 1 is 0.450 bits per heavy atom. The van der Waals surface area contributed by atoms with Crippen LogP contribution < -0.4 is 0 Å². The first-order valence-corrected chi connectivity index (χ1v) is 17.4. The van der Waals surface area contributed by atoms with Gasteiger partial charge in [-0.1, -0.05) is 154 Å². The summed E-state index contributed by atoms with van der Waals surface area (Å²) < 4.78 is 10.2. The highest BCUT2D eigenvalue weighted by Gasteiger charge is 2.34. The lowest BCUT2D eigenvalue weighted by Gasteiger charge is -2.23. The topological polar surface area (TPSA) is 52.6 Å². The summed E-state index contributed by atoms with van der Waals surface area (Å²) in [5, 5.41) is 0. The fourth-order valence-electron chi connectivity index (χ4n) is 5.73. The minimum Gasteiger partial charge on any atom is -0.469 e. The van der Waals surface area contributed by atoms with Gasteiger partial charge in [0.2, 0.25) is 0 Å². The van der Waals surface area contributed by atoms with E-state index >= 15 is 0 Å². The van der Waals surface area contributed by atoms with Crippen LogP contribution in [-0.2, 0) is 19.1 Å². The van der Waals surface area contributed by atoms with Gasteiger partial charge in [-0.15, -0.1) is 0 Å². The van der Waals surface area contributed by atoms with Gasteiger partial charge in [0.1, 0.15) is 0 Å². The number of rotatable bonds is 30. The Kier molecular flexibility index (Phi) is 29.6. The third-order valence-corrected chi connectivity index (χ3v) is 8.39. The number of methoxy groups -OCH3 is 2. The molecule has 4 nitrogen and oxygen atoms in total. The molecule has 0 aliphatic carbocycles. The SMILES string of the molecule is CCCCCCCC/C=C\CCCCCCC(C(=O)OC)C(CCCCCCCCCCCCCC)C(=O)OC. The van der Waals surface area contributed by atoms with E-state index in [-0.39, 0.29) is 23.8 Å². The van der Waals surface area contributed by atoms with Gasteiger partial charge < -0.3 is 9.47 Å². The second-order valence-electron chi connectivity index (χ2n) is 12.0. The lowest BCUT2D eigenvalue weighted by atomic mass is 9.83. The number of allylic oxidation sites excluding steroid dienone is 2. The number of unbranched alkanes of at least 4 members (excludes halogenated alkanes) is 21. The van der Waals surface area contributed by atoms with Gasteiger partial charge in [0, 0.05) is 0 Å². The summed E-state index contributed by atoms with van der Waals surface area (Å²) in [6.07, 6.45) is 36.4. The van der Waals surface area contributed by atoms with Crippen molar-refractivity contribution < 1.29 is 19.1 Å². The Balaban J connectivity index is 4.16. The van der Waals surface area contributed by atoms with Gasteiger partial charge in [0.25, 0.3) is 0 Å². The Morgan fingerprint density at radius 2 is 0.725 bits per heavy atom. The van der Waals surface area contributed by atoms with Crippen molar-refractivity contribution in [2.75, 3.05) is 14.2 Å². The van der Waals surface area contributed by atoms with Crippen LogP contribution in [0.2, 0.25) is 0 Å². The third kappa shape index (κ3) is 23.4. The Labute approximate surface area is 249 Å². The summed E-state index contributed by atoms with van der Waals surface area (Å²) in [4.78, 5) is 25.2. The molecule has 0 heterocycles. The normalized spacial score (nSPS) is 13.0. The zero-order valence-corrected chi connectivity index (χ0v) is 27.3. The predicted octanol–water partition coefficient (Wildman–Crippen LogP) is 11.3. The number of carbonyl (C=O) groups is 2. The fourth-order valence-corrected chi connectivity index (χ4v) is 5.73. The van der Waals surface area contributed by atoms with Crippen molar-refractivity contribution in [3.63, 3.8) is 0 Å². The van der Waals surface area contributed by atoms with Crippen molar-refractivity contribution >= 4 is 11.9 Å². The molecular weight excluding hydrogens is 496 g/mol. The van der Waals surface area contributed by atoms with E-state index in [1.54, 1.807) is 0 Å². The lowest BCUT2D eigenvalue weighted by molar-refractivity contribution is -0.158. The molecule has 0 aliphatic rings. The molecule has 0 radical (unpaired) electrons. The maximum atomic E-state index is 12.6. The molecule has 0 aromatic rings. The summed E-state index contributed by atoms with van der Waals surface area (Å²) in [5.41, 5.74) is 0. The van der Waals surface area contributed by atoms with Crippen molar-refractivity contribution in [2.24, 2.45) is 11.8 Å². The summed E-state index contributed by atoms with van der Waals surface area (Å²) >= 11 is 0. The van der Waals surface area contributed by atoms with E-state index in [0.29, 0.717) is 12.8 Å². The highest BCUT2D eigenvalue weighted by Crippen LogP contribution is 2.28. The summed E-state index contributed by atoms with van der Waals surface area (Å²) in [5.74, 6) is -1.28. The second kappa shape index (κ2) is 30.6. The highest BCUT2D eigenvalue weighted by atomic mass is 16.5. The molecule has 0 aromatic carbocycles. The van der Waals surface area contributed by atoms with E-state index in [0.717, 1.165) is 38.5 Å². The van der Waals surface area contributed by atoms with Crippen LogP contribution in [-0.4, -0.2) is 26.2 Å². The monoisotopic (exact) mass is 565 g/mol. The zero-order chi connectivity index (χ0) is 29.5. The number of esters is 2. The predicted molar refractivity (Wildman–Crippen MR) is 172 cm³/mol. The molecule has 0 bridgehead atoms. The summed E-state index contributed by atoms with van der Waals surface area (Å²) in [7, 11) is 2.87. The first kappa shape index (κ1) is 38.7. The average Bonchev–Trinajstić information content (AvgIpc) is 2.97. The lowest BCUT2D eigenvalue weighted by Crippen LogP contribution is -2.32. The van der Waals surface area contributed by atoms with E-state index in [9.17, 15) is 9.59 Å². The number of hydrogen-bond acceptors (Lipinski definition) is 4. The Hall–Kier alpha value is -1.32. The van der Waals surface area contributed by atoms with Crippen LogP contribution >= 0.6 is 0 Å². The van der Waals surface area contributed by atoms with E-state index in [4.69, 9.17) is 9.47 Å². The van der Waals surface area contributed by atoms with Gasteiger partial charge in [-0.3, -0.25) is 9.59 Å². The van der Waals surface area contributed by atoms with Crippen LogP contribution in [0, 0.1) is 11.8 Å². The number of hydrogen-bond donors (Lipinski definition) is 0. The maximum absolute atomic E-state index is 12.6. The minimum atomic E-state index is -0.387. The Bertz CT molecular complexity index is 585.